The first-order chi connectivity index (χ1) is 18.1. The summed E-state index contributed by atoms with van der Waals surface area (Å²) >= 11 is -3.37. The fourth-order valence-electron chi connectivity index (χ4n) is 8.94. The Morgan fingerprint density at radius 2 is 0.811 bits per heavy atom. The van der Waals surface area contributed by atoms with Gasteiger partial charge < -0.3 is 0 Å². The summed E-state index contributed by atoms with van der Waals surface area (Å²) in [6.07, 6.45) is 34.4. The van der Waals surface area contributed by atoms with Gasteiger partial charge in [-0.05, 0) is 0 Å². The van der Waals surface area contributed by atoms with E-state index in [1.807, 2.05) is 0 Å². The summed E-state index contributed by atoms with van der Waals surface area (Å²) in [5, 5.41) is 0. The molecule has 0 heterocycles. The van der Waals surface area contributed by atoms with Crippen LogP contribution in [0.2, 0.25) is 7.44 Å². The van der Waals surface area contributed by atoms with Crippen LogP contribution in [-0.4, -0.2) is 0 Å². The molecule has 0 nitrogen and oxygen atoms in total. The molecule has 2 aromatic carbocycles. The summed E-state index contributed by atoms with van der Waals surface area (Å²) in [5.41, 5.74) is 2.75. The fourth-order valence-corrected chi connectivity index (χ4v) is 20.8. The van der Waals surface area contributed by atoms with Crippen molar-refractivity contribution in [3.8, 4) is 0 Å². The summed E-state index contributed by atoms with van der Waals surface area (Å²) in [7, 11) is 0. The van der Waals surface area contributed by atoms with E-state index in [1.165, 1.54) is 75.3 Å². The van der Waals surface area contributed by atoms with E-state index in [9.17, 15) is 0 Å². The van der Waals surface area contributed by atoms with E-state index < -0.39 is 16.6 Å². The minimum absolute atomic E-state index is 0.126. The second-order valence-electron chi connectivity index (χ2n) is 12.5. The first kappa shape index (κ1) is 25.4. The molecule has 0 N–H and O–H groups in total. The first-order valence-corrected chi connectivity index (χ1v) is 18.1. The molecular formula is C36H44Ti. The third-order valence-electron chi connectivity index (χ3n) is 10.5. The molecule has 4 aliphatic carbocycles. The molecule has 37 heavy (non-hydrogen) atoms. The number of hydrogen-bond donors (Lipinski definition) is 0. The van der Waals surface area contributed by atoms with Crippen LogP contribution >= 0.6 is 0 Å². The average molecular weight is 525 g/mol. The van der Waals surface area contributed by atoms with Gasteiger partial charge in [-0.25, -0.2) is 0 Å². The van der Waals surface area contributed by atoms with E-state index in [0.717, 1.165) is 11.8 Å². The molecule has 0 spiro atoms. The SMILES string of the molecule is Cc1cc[c]([Ti]([c]2ccc(C)cc2)([C]2(C3CCCCC3)C=CC=C2)[C]2(C3CCCCC3)C=CC=C2)cc1. The van der Waals surface area contributed by atoms with Crippen molar-refractivity contribution in [1.82, 2.24) is 0 Å². The molecule has 2 saturated carbocycles. The van der Waals surface area contributed by atoms with Crippen molar-refractivity contribution in [2.75, 3.05) is 0 Å². The van der Waals surface area contributed by atoms with Gasteiger partial charge in [-0.2, -0.15) is 0 Å². The van der Waals surface area contributed by atoms with Gasteiger partial charge in [0.05, 0.1) is 0 Å². The fraction of sp³-hybridized carbons (Fsp3) is 0.444. The molecule has 0 aromatic heterocycles. The number of benzene rings is 2. The van der Waals surface area contributed by atoms with Crippen LogP contribution in [-0.2, 0) is 16.6 Å². The summed E-state index contributed by atoms with van der Waals surface area (Å²) in [6.45, 7) is 4.51. The van der Waals surface area contributed by atoms with Gasteiger partial charge in [-0.15, -0.1) is 0 Å². The van der Waals surface area contributed by atoms with Crippen molar-refractivity contribution in [3.63, 3.8) is 0 Å². The molecule has 1 heteroatoms. The molecule has 4 aliphatic rings. The summed E-state index contributed by atoms with van der Waals surface area (Å²) in [4.78, 5) is 0. The summed E-state index contributed by atoms with van der Waals surface area (Å²) < 4.78 is 3.61. The maximum absolute atomic E-state index is 3.37. The van der Waals surface area contributed by atoms with E-state index in [-0.39, 0.29) is 7.44 Å². The Labute approximate surface area is 229 Å². The Kier molecular flexibility index (Phi) is 7.11. The van der Waals surface area contributed by atoms with Gasteiger partial charge in [0.1, 0.15) is 0 Å². The summed E-state index contributed by atoms with van der Waals surface area (Å²) in [6, 6.07) is 20.0. The molecule has 0 radical (unpaired) electrons. The Bertz CT molecular complexity index is 1070. The van der Waals surface area contributed by atoms with E-state index >= 15 is 0 Å². The maximum atomic E-state index is 2.73. The van der Waals surface area contributed by atoms with Gasteiger partial charge >= 0.3 is 230 Å². The predicted octanol–water partition coefficient (Wildman–Crippen LogP) is 9.14. The molecule has 2 aromatic rings. The van der Waals surface area contributed by atoms with Crippen molar-refractivity contribution >= 4 is 7.74 Å². The number of allylic oxidation sites excluding steroid dienone is 8. The zero-order valence-electron chi connectivity index (χ0n) is 23.0. The molecule has 0 amide bonds. The van der Waals surface area contributed by atoms with Crippen molar-refractivity contribution in [2.45, 2.75) is 85.5 Å². The van der Waals surface area contributed by atoms with E-state index in [2.05, 4.69) is 111 Å². The van der Waals surface area contributed by atoms with Crippen LogP contribution in [0.1, 0.15) is 75.3 Å². The first-order valence-electron chi connectivity index (χ1n) is 15.0. The molecule has 6 rings (SSSR count). The molecule has 2 fully saturated rings. The minimum atomic E-state index is -3.37. The standard InChI is InChI=1S/2C11H15.2C7H7.Ti/c2*1-2-6-10(7-3-1)11-8-4-5-9-11;2*1-7-5-3-2-4-6-7;/h2*4-5,8-10H,1-3,6-7H2;2*3-6H,1H3;. The average Bonchev–Trinajstić information content (AvgIpc) is 3.65. The molecule has 192 valence electrons. The Balaban J connectivity index is 1.74. The number of aryl methyl sites for hydroxylation is 2. The Hall–Kier alpha value is -1.89. The molecular weight excluding hydrogens is 480 g/mol. The molecule has 0 unspecified atom stereocenters. The second-order valence-corrected chi connectivity index (χ2v) is 19.3. The molecule has 0 bridgehead atoms. The molecule has 0 atom stereocenters. The zero-order chi connectivity index (χ0) is 25.3. The third kappa shape index (κ3) is 3.97. The van der Waals surface area contributed by atoms with Crippen LogP contribution in [0.25, 0.3) is 0 Å². The monoisotopic (exact) mass is 524 g/mol. The topological polar surface area (TPSA) is 0 Å². The van der Waals surface area contributed by atoms with Crippen molar-refractivity contribution in [2.24, 2.45) is 11.8 Å². The normalized spacial score (nSPS) is 23.2. The second kappa shape index (κ2) is 10.4. The van der Waals surface area contributed by atoms with Crippen LogP contribution < -0.4 is 7.74 Å². The Morgan fingerprint density at radius 1 is 0.486 bits per heavy atom. The number of rotatable bonds is 6. The zero-order valence-corrected chi connectivity index (χ0v) is 24.5. The third-order valence-corrected chi connectivity index (χ3v) is 20.7. The predicted molar refractivity (Wildman–Crippen MR) is 157 cm³/mol. The van der Waals surface area contributed by atoms with Crippen molar-refractivity contribution < 1.29 is 16.6 Å². The van der Waals surface area contributed by atoms with Crippen molar-refractivity contribution in [3.05, 3.63) is 108 Å². The van der Waals surface area contributed by atoms with E-state index in [1.54, 1.807) is 7.74 Å². The van der Waals surface area contributed by atoms with Gasteiger partial charge in [0, 0.05) is 0 Å². The van der Waals surface area contributed by atoms with Crippen molar-refractivity contribution in [1.29, 1.82) is 0 Å². The van der Waals surface area contributed by atoms with Gasteiger partial charge in [0.15, 0.2) is 0 Å². The molecule has 0 saturated heterocycles. The van der Waals surface area contributed by atoms with Crippen LogP contribution in [0.5, 0.6) is 0 Å². The van der Waals surface area contributed by atoms with Crippen LogP contribution in [0.4, 0.5) is 0 Å². The van der Waals surface area contributed by atoms with E-state index in [0.29, 0.717) is 0 Å². The Morgan fingerprint density at radius 3 is 1.14 bits per heavy atom. The quantitative estimate of drug-likeness (QED) is 0.331. The number of hydrogen-bond acceptors (Lipinski definition) is 0. The van der Waals surface area contributed by atoms with Crippen LogP contribution in [0, 0.1) is 25.7 Å². The van der Waals surface area contributed by atoms with E-state index in [4.69, 9.17) is 0 Å². The summed E-state index contributed by atoms with van der Waals surface area (Å²) in [5.74, 6) is 1.45. The molecule has 0 aliphatic heterocycles. The van der Waals surface area contributed by atoms with Gasteiger partial charge in [0.2, 0.25) is 0 Å². The van der Waals surface area contributed by atoms with Crippen LogP contribution in [0.15, 0.2) is 97.1 Å². The van der Waals surface area contributed by atoms with Gasteiger partial charge in [-0.1, -0.05) is 0 Å². The van der Waals surface area contributed by atoms with Gasteiger partial charge in [0.25, 0.3) is 0 Å². The van der Waals surface area contributed by atoms with Gasteiger partial charge in [-0.3, -0.25) is 0 Å². The van der Waals surface area contributed by atoms with Crippen LogP contribution in [0.3, 0.4) is 0 Å².